The van der Waals surface area contributed by atoms with Crippen LogP contribution in [0.25, 0.3) is 21.3 Å². The largest absolute Gasteiger partial charge is 0.494 e. The molecule has 7 nitrogen and oxygen atoms in total. The monoisotopic (exact) mass is 494 g/mol. The molecule has 0 saturated carbocycles. The fourth-order valence-electron chi connectivity index (χ4n) is 3.69. The van der Waals surface area contributed by atoms with Crippen molar-refractivity contribution in [2.75, 3.05) is 21.3 Å². The Morgan fingerprint density at radius 1 is 0.971 bits per heavy atom. The average Bonchev–Trinajstić information content (AvgIpc) is 3.32. The SMILES string of the molecule is COc1ccc(C(=O)NC(C)C(=O)c2ccc(OC)c(-c3csc4c(F)cccc34)n2)cc1OC. The lowest BCUT2D eigenvalue weighted by Crippen LogP contribution is -2.38. The molecule has 0 fully saturated rings. The molecule has 0 aliphatic rings. The van der Waals surface area contributed by atoms with Gasteiger partial charge in [-0.1, -0.05) is 12.1 Å². The van der Waals surface area contributed by atoms with E-state index in [0.717, 1.165) is 0 Å². The fourth-order valence-corrected chi connectivity index (χ4v) is 4.65. The number of carbonyl (C=O) groups excluding carboxylic acids is 2. The number of pyridine rings is 1. The number of nitrogens with zero attached hydrogens (tertiary/aromatic N) is 1. The Hall–Kier alpha value is -3.98. The maximum absolute atomic E-state index is 14.2. The molecule has 35 heavy (non-hydrogen) atoms. The van der Waals surface area contributed by atoms with Crippen LogP contribution in [-0.4, -0.2) is 44.0 Å². The van der Waals surface area contributed by atoms with E-state index in [0.29, 0.717) is 44.2 Å². The summed E-state index contributed by atoms with van der Waals surface area (Å²) in [7, 11) is 4.48. The summed E-state index contributed by atoms with van der Waals surface area (Å²) < 4.78 is 30.6. The molecular formula is C26H23FN2O5S. The number of carbonyl (C=O) groups is 2. The number of Topliss-reactive ketones (excluding diaryl/α,β-unsaturated/α-hetero) is 1. The molecule has 2 aromatic carbocycles. The Morgan fingerprint density at radius 2 is 1.69 bits per heavy atom. The van der Waals surface area contributed by atoms with Crippen LogP contribution in [0.4, 0.5) is 4.39 Å². The molecule has 0 bridgehead atoms. The standard InChI is InChI=1S/C26H23FN2O5S/c1-14(28-26(31)15-8-10-20(32-2)22(12-15)34-4)24(30)19-9-11-21(33-3)23(29-19)17-13-35-25-16(17)6-5-7-18(25)27/h5-14H,1-4H3,(H,28,31). The molecule has 1 unspecified atom stereocenters. The Bertz CT molecular complexity index is 1420. The van der Waals surface area contributed by atoms with E-state index in [2.05, 4.69) is 10.3 Å². The average molecular weight is 495 g/mol. The Morgan fingerprint density at radius 3 is 2.40 bits per heavy atom. The number of methoxy groups -OCH3 is 3. The van der Waals surface area contributed by atoms with E-state index >= 15 is 0 Å². The van der Waals surface area contributed by atoms with Crippen molar-refractivity contribution in [3.63, 3.8) is 0 Å². The summed E-state index contributed by atoms with van der Waals surface area (Å²) in [6, 6.07) is 11.9. The van der Waals surface area contributed by atoms with Crippen molar-refractivity contribution in [3.8, 4) is 28.5 Å². The number of rotatable bonds is 8. The van der Waals surface area contributed by atoms with Crippen molar-refractivity contribution in [2.45, 2.75) is 13.0 Å². The topological polar surface area (TPSA) is 86.8 Å². The normalized spacial score (nSPS) is 11.7. The lowest BCUT2D eigenvalue weighted by molar-refractivity contribution is 0.0863. The summed E-state index contributed by atoms with van der Waals surface area (Å²) >= 11 is 1.26. The van der Waals surface area contributed by atoms with Crippen LogP contribution in [0, 0.1) is 5.82 Å². The number of amides is 1. The molecule has 0 spiro atoms. The Labute approximate surface area is 205 Å². The van der Waals surface area contributed by atoms with Crippen LogP contribution in [0.5, 0.6) is 17.2 Å². The van der Waals surface area contributed by atoms with Crippen molar-refractivity contribution in [1.82, 2.24) is 10.3 Å². The molecule has 0 radical (unpaired) electrons. The minimum atomic E-state index is -0.860. The van der Waals surface area contributed by atoms with Gasteiger partial charge in [-0.15, -0.1) is 11.3 Å². The zero-order valence-electron chi connectivity index (χ0n) is 19.5. The van der Waals surface area contributed by atoms with E-state index in [1.54, 1.807) is 48.7 Å². The highest BCUT2D eigenvalue weighted by atomic mass is 32.1. The minimum absolute atomic E-state index is 0.150. The van der Waals surface area contributed by atoms with E-state index in [1.165, 1.54) is 44.8 Å². The van der Waals surface area contributed by atoms with Gasteiger partial charge in [0.05, 0.1) is 32.1 Å². The number of thiophene rings is 1. The van der Waals surface area contributed by atoms with E-state index in [9.17, 15) is 14.0 Å². The number of aromatic nitrogens is 1. The second-order valence-electron chi connectivity index (χ2n) is 7.64. The molecule has 9 heteroatoms. The van der Waals surface area contributed by atoms with E-state index in [1.807, 2.05) is 0 Å². The lowest BCUT2D eigenvalue weighted by atomic mass is 10.1. The molecule has 180 valence electrons. The van der Waals surface area contributed by atoms with Gasteiger partial charge in [0.1, 0.15) is 23.0 Å². The summed E-state index contributed by atoms with van der Waals surface area (Å²) in [4.78, 5) is 30.4. The van der Waals surface area contributed by atoms with Crippen LogP contribution in [0.15, 0.2) is 53.9 Å². The second kappa shape index (κ2) is 10.1. The summed E-state index contributed by atoms with van der Waals surface area (Å²) in [6.07, 6.45) is 0. The molecule has 0 aliphatic carbocycles. The van der Waals surface area contributed by atoms with Gasteiger partial charge in [-0.2, -0.15) is 0 Å². The number of ketones is 1. The fraction of sp³-hybridized carbons (Fsp3) is 0.192. The zero-order chi connectivity index (χ0) is 25.1. The Balaban J connectivity index is 1.61. The van der Waals surface area contributed by atoms with Crippen LogP contribution in [0.2, 0.25) is 0 Å². The van der Waals surface area contributed by atoms with Crippen LogP contribution in [-0.2, 0) is 0 Å². The lowest BCUT2D eigenvalue weighted by Gasteiger charge is -2.15. The highest BCUT2D eigenvalue weighted by Crippen LogP contribution is 2.38. The first kappa shape index (κ1) is 24.2. The van der Waals surface area contributed by atoms with Gasteiger partial charge in [0, 0.05) is 21.9 Å². The van der Waals surface area contributed by atoms with Crippen molar-refractivity contribution in [3.05, 3.63) is 71.0 Å². The van der Waals surface area contributed by atoms with Gasteiger partial charge in [0.25, 0.3) is 5.91 Å². The molecule has 0 aliphatic heterocycles. The van der Waals surface area contributed by atoms with Gasteiger partial charge in [-0.3, -0.25) is 9.59 Å². The number of fused-ring (bicyclic) bond motifs is 1. The molecule has 4 rings (SSSR count). The molecule has 2 aromatic heterocycles. The summed E-state index contributed by atoms with van der Waals surface area (Å²) in [6.45, 7) is 1.59. The molecule has 1 N–H and O–H groups in total. The van der Waals surface area contributed by atoms with Crippen LogP contribution in [0.1, 0.15) is 27.8 Å². The number of nitrogens with one attached hydrogen (secondary N) is 1. The number of hydrogen-bond acceptors (Lipinski definition) is 7. The molecule has 1 amide bonds. The van der Waals surface area contributed by atoms with Crippen molar-refractivity contribution in [2.24, 2.45) is 0 Å². The molecule has 2 heterocycles. The number of halogens is 1. The third kappa shape index (κ3) is 4.67. The summed E-state index contributed by atoms with van der Waals surface area (Å²) in [5, 5.41) is 5.17. The van der Waals surface area contributed by atoms with Gasteiger partial charge in [0.2, 0.25) is 5.78 Å². The van der Waals surface area contributed by atoms with Crippen LogP contribution >= 0.6 is 11.3 Å². The van der Waals surface area contributed by atoms with Gasteiger partial charge in [-0.25, -0.2) is 9.37 Å². The summed E-state index contributed by atoms with van der Waals surface area (Å²) in [5.74, 6) is 0.196. The third-order valence-corrected chi connectivity index (χ3v) is 6.53. The first-order chi connectivity index (χ1) is 16.9. The van der Waals surface area contributed by atoms with Crippen LogP contribution in [0.3, 0.4) is 0 Å². The van der Waals surface area contributed by atoms with Crippen molar-refractivity contribution in [1.29, 1.82) is 0 Å². The first-order valence-corrected chi connectivity index (χ1v) is 11.5. The smallest absolute Gasteiger partial charge is 0.252 e. The molecule has 4 aromatic rings. The quantitative estimate of drug-likeness (QED) is 0.342. The van der Waals surface area contributed by atoms with Gasteiger partial charge in [0.15, 0.2) is 11.5 Å². The van der Waals surface area contributed by atoms with Gasteiger partial charge in [-0.05, 0) is 43.3 Å². The number of benzene rings is 2. The van der Waals surface area contributed by atoms with E-state index in [-0.39, 0.29) is 17.3 Å². The molecular weight excluding hydrogens is 471 g/mol. The second-order valence-corrected chi connectivity index (χ2v) is 8.52. The third-order valence-electron chi connectivity index (χ3n) is 5.52. The van der Waals surface area contributed by atoms with E-state index in [4.69, 9.17) is 14.2 Å². The first-order valence-electron chi connectivity index (χ1n) is 10.7. The predicted molar refractivity (Wildman–Crippen MR) is 132 cm³/mol. The predicted octanol–water partition coefficient (Wildman–Crippen LogP) is 5.13. The molecule has 1 atom stereocenters. The number of hydrogen-bond donors (Lipinski definition) is 1. The van der Waals surface area contributed by atoms with Crippen molar-refractivity contribution >= 4 is 33.1 Å². The van der Waals surface area contributed by atoms with E-state index < -0.39 is 11.9 Å². The highest BCUT2D eigenvalue weighted by Gasteiger charge is 2.23. The zero-order valence-corrected chi connectivity index (χ0v) is 20.4. The highest BCUT2D eigenvalue weighted by molar-refractivity contribution is 7.17. The van der Waals surface area contributed by atoms with Gasteiger partial charge < -0.3 is 19.5 Å². The summed E-state index contributed by atoms with van der Waals surface area (Å²) in [5.41, 5.74) is 1.56. The maximum atomic E-state index is 14.2. The minimum Gasteiger partial charge on any atom is -0.494 e. The Kier molecular flexibility index (Phi) is 6.97. The maximum Gasteiger partial charge on any atom is 0.252 e. The molecule has 0 saturated heterocycles. The van der Waals surface area contributed by atoms with Gasteiger partial charge >= 0.3 is 0 Å². The van der Waals surface area contributed by atoms with Crippen molar-refractivity contribution < 1.29 is 28.2 Å². The number of ether oxygens (including phenoxy) is 3. The van der Waals surface area contributed by atoms with Crippen LogP contribution < -0.4 is 19.5 Å².